The second-order valence-corrected chi connectivity index (χ2v) is 4.22. The van der Waals surface area contributed by atoms with E-state index in [-0.39, 0.29) is 0 Å². The first kappa shape index (κ1) is 13.5. The lowest BCUT2D eigenvalue weighted by molar-refractivity contribution is 0.283. The molecule has 0 aliphatic carbocycles. The summed E-state index contributed by atoms with van der Waals surface area (Å²) in [4.78, 5) is 8.63. The maximum Gasteiger partial charge on any atom is 0.164 e. The third-order valence-corrected chi connectivity index (χ3v) is 2.80. The second kappa shape index (κ2) is 6.29. The van der Waals surface area contributed by atoms with Gasteiger partial charge in [-0.15, -0.1) is 0 Å². The summed E-state index contributed by atoms with van der Waals surface area (Å²) >= 11 is 0. The first-order valence-electron chi connectivity index (χ1n) is 6.40. The van der Waals surface area contributed by atoms with E-state index >= 15 is 0 Å². The van der Waals surface area contributed by atoms with Gasteiger partial charge in [-0.05, 0) is 32.5 Å². The summed E-state index contributed by atoms with van der Waals surface area (Å²) in [6.07, 6.45) is 2.24. The standard InChI is InChI=1S/C13H19N5O/c1-3-18-13(15-9-16-18)8-19-12-5-4-10(2)17-11(12)6-7-14/h4-5,9H,3,6-8,14H2,1-2H3. The van der Waals surface area contributed by atoms with Gasteiger partial charge in [0.25, 0.3) is 0 Å². The highest BCUT2D eigenvalue weighted by molar-refractivity contribution is 5.29. The molecular formula is C13H19N5O. The van der Waals surface area contributed by atoms with Crippen molar-refractivity contribution in [3.63, 3.8) is 0 Å². The van der Waals surface area contributed by atoms with Gasteiger partial charge in [0, 0.05) is 18.7 Å². The largest absolute Gasteiger partial charge is 0.484 e. The predicted molar refractivity (Wildman–Crippen MR) is 71.8 cm³/mol. The summed E-state index contributed by atoms with van der Waals surface area (Å²) in [5.41, 5.74) is 7.45. The lowest BCUT2D eigenvalue weighted by Crippen LogP contribution is -2.10. The zero-order chi connectivity index (χ0) is 13.7. The molecule has 0 spiro atoms. The molecule has 2 aromatic heterocycles. The van der Waals surface area contributed by atoms with Gasteiger partial charge in [-0.1, -0.05) is 0 Å². The summed E-state index contributed by atoms with van der Waals surface area (Å²) in [5.74, 6) is 1.57. The molecule has 0 radical (unpaired) electrons. The van der Waals surface area contributed by atoms with E-state index in [1.54, 1.807) is 0 Å². The molecule has 2 aromatic rings. The van der Waals surface area contributed by atoms with Crippen molar-refractivity contribution < 1.29 is 4.74 Å². The van der Waals surface area contributed by atoms with Gasteiger partial charge in [-0.25, -0.2) is 9.67 Å². The number of rotatable bonds is 6. The molecule has 2 heterocycles. The van der Waals surface area contributed by atoms with Crippen LogP contribution in [0.15, 0.2) is 18.5 Å². The molecule has 0 fully saturated rings. The van der Waals surface area contributed by atoms with Gasteiger partial charge in [-0.2, -0.15) is 5.10 Å². The fourth-order valence-electron chi connectivity index (χ4n) is 1.85. The molecule has 0 aliphatic heterocycles. The number of hydrogen-bond donors (Lipinski definition) is 1. The zero-order valence-electron chi connectivity index (χ0n) is 11.3. The second-order valence-electron chi connectivity index (χ2n) is 4.22. The van der Waals surface area contributed by atoms with Crippen molar-refractivity contribution in [2.75, 3.05) is 6.54 Å². The Labute approximate surface area is 112 Å². The fraction of sp³-hybridized carbons (Fsp3) is 0.462. The normalized spacial score (nSPS) is 10.7. The van der Waals surface area contributed by atoms with Gasteiger partial charge in [0.2, 0.25) is 0 Å². The highest BCUT2D eigenvalue weighted by atomic mass is 16.5. The van der Waals surface area contributed by atoms with Gasteiger partial charge >= 0.3 is 0 Å². The van der Waals surface area contributed by atoms with E-state index in [9.17, 15) is 0 Å². The van der Waals surface area contributed by atoms with Gasteiger partial charge < -0.3 is 10.5 Å². The molecule has 0 bridgehead atoms. The Kier molecular flexibility index (Phi) is 4.46. The van der Waals surface area contributed by atoms with Gasteiger partial charge in [-0.3, -0.25) is 4.98 Å². The maximum atomic E-state index is 5.79. The van der Waals surface area contributed by atoms with Crippen LogP contribution < -0.4 is 10.5 Å². The highest BCUT2D eigenvalue weighted by Crippen LogP contribution is 2.18. The SMILES string of the molecule is CCn1ncnc1COc1ccc(C)nc1CCN. The molecule has 0 amide bonds. The number of hydrogen-bond acceptors (Lipinski definition) is 5. The van der Waals surface area contributed by atoms with Crippen LogP contribution in [0.2, 0.25) is 0 Å². The van der Waals surface area contributed by atoms with E-state index < -0.39 is 0 Å². The predicted octanol–water partition coefficient (Wildman–Crippen LogP) is 1.08. The monoisotopic (exact) mass is 261 g/mol. The smallest absolute Gasteiger partial charge is 0.164 e. The van der Waals surface area contributed by atoms with Crippen LogP contribution >= 0.6 is 0 Å². The molecule has 102 valence electrons. The highest BCUT2D eigenvalue weighted by Gasteiger charge is 2.08. The molecule has 0 atom stereocenters. The van der Waals surface area contributed by atoms with Gasteiger partial charge in [0.05, 0.1) is 5.69 Å². The third-order valence-electron chi connectivity index (χ3n) is 2.80. The van der Waals surface area contributed by atoms with Crippen LogP contribution in [0.1, 0.15) is 24.1 Å². The van der Waals surface area contributed by atoms with Crippen molar-refractivity contribution in [3.8, 4) is 5.75 Å². The molecule has 0 saturated heterocycles. The number of aryl methyl sites for hydroxylation is 2. The van der Waals surface area contributed by atoms with Crippen LogP contribution in [0.5, 0.6) is 5.75 Å². The minimum atomic E-state index is 0.385. The molecule has 2 N–H and O–H groups in total. The maximum absolute atomic E-state index is 5.79. The number of ether oxygens (including phenoxy) is 1. The number of nitrogens with two attached hydrogens (primary N) is 1. The van der Waals surface area contributed by atoms with E-state index in [2.05, 4.69) is 15.1 Å². The van der Waals surface area contributed by atoms with Crippen LogP contribution in [0.3, 0.4) is 0 Å². The lowest BCUT2D eigenvalue weighted by Gasteiger charge is -2.11. The van der Waals surface area contributed by atoms with E-state index in [1.165, 1.54) is 6.33 Å². The Hall–Kier alpha value is -1.95. The summed E-state index contributed by atoms with van der Waals surface area (Å²) < 4.78 is 7.60. The van der Waals surface area contributed by atoms with E-state index in [0.29, 0.717) is 19.6 Å². The van der Waals surface area contributed by atoms with E-state index in [4.69, 9.17) is 10.5 Å². The third kappa shape index (κ3) is 3.29. The Morgan fingerprint density at radius 2 is 2.21 bits per heavy atom. The molecule has 2 rings (SSSR count). The zero-order valence-corrected chi connectivity index (χ0v) is 11.3. The molecular weight excluding hydrogens is 242 g/mol. The van der Waals surface area contributed by atoms with Crippen molar-refractivity contribution in [1.82, 2.24) is 19.7 Å². The van der Waals surface area contributed by atoms with Crippen LogP contribution in [-0.4, -0.2) is 26.3 Å². The average molecular weight is 261 g/mol. The average Bonchev–Trinajstić information content (AvgIpc) is 2.85. The van der Waals surface area contributed by atoms with Crippen LogP contribution in [0.4, 0.5) is 0 Å². The first-order chi connectivity index (χ1) is 9.24. The molecule has 0 aromatic carbocycles. The summed E-state index contributed by atoms with van der Waals surface area (Å²) in [6.45, 7) is 5.69. The summed E-state index contributed by atoms with van der Waals surface area (Å²) in [5, 5.41) is 4.11. The minimum Gasteiger partial charge on any atom is -0.484 e. The van der Waals surface area contributed by atoms with Crippen molar-refractivity contribution in [1.29, 1.82) is 0 Å². The van der Waals surface area contributed by atoms with Gasteiger partial charge in [0.1, 0.15) is 18.7 Å². The molecule has 0 unspecified atom stereocenters. The molecule has 6 nitrogen and oxygen atoms in total. The van der Waals surface area contributed by atoms with Gasteiger partial charge in [0.15, 0.2) is 5.82 Å². The lowest BCUT2D eigenvalue weighted by atomic mass is 10.2. The van der Waals surface area contributed by atoms with Crippen molar-refractivity contribution >= 4 is 0 Å². The van der Waals surface area contributed by atoms with Crippen molar-refractivity contribution in [3.05, 3.63) is 35.7 Å². The minimum absolute atomic E-state index is 0.385. The molecule has 0 saturated carbocycles. The number of nitrogens with zero attached hydrogens (tertiary/aromatic N) is 4. The quantitative estimate of drug-likeness (QED) is 0.841. The Bertz CT molecular complexity index is 538. The molecule has 19 heavy (non-hydrogen) atoms. The summed E-state index contributed by atoms with van der Waals surface area (Å²) in [6, 6.07) is 3.86. The van der Waals surface area contributed by atoms with Crippen molar-refractivity contribution in [2.45, 2.75) is 33.4 Å². The van der Waals surface area contributed by atoms with E-state index in [1.807, 2.05) is 30.7 Å². The fourth-order valence-corrected chi connectivity index (χ4v) is 1.85. The Morgan fingerprint density at radius 1 is 1.37 bits per heavy atom. The van der Waals surface area contributed by atoms with Crippen LogP contribution in [0, 0.1) is 6.92 Å². The van der Waals surface area contributed by atoms with Crippen molar-refractivity contribution in [2.24, 2.45) is 5.73 Å². The Balaban J connectivity index is 2.10. The number of aromatic nitrogens is 4. The van der Waals surface area contributed by atoms with E-state index in [0.717, 1.165) is 29.5 Å². The first-order valence-corrected chi connectivity index (χ1v) is 6.40. The Morgan fingerprint density at radius 3 is 2.95 bits per heavy atom. The summed E-state index contributed by atoms with van der Waals surface area (Å²) in [7, 11) is 0. The number of pyridine rings is 1. The topological polar surface area (TPSA) is 78.8 Å². The molecule has 6 heteroatoms. The molecule has 0 aliphatic rings. The van der Waals surface area contributed by atoms with Crippen LogP contribution in [0.25, 0.3) is 0 Å². The van der Waals surface area contributed by atoms with Crippen LogP contribution in [-0.2, 0) is 19.6 Å².